The monoisotopic (exact) mass is 294 g/mol. The normalized spacial score (nSPS) is 15.6. The quantitative estimate of drug-likeness (QED) is 0.869. The van der Waals surface area contributed by atoms with Crippen LogP contribution in [0.25, 0.3) is 0 Å². The first kappa shape index (κ1) is 15.2. The number of halogens is 7. The predicted octanol–water partition coefficient (Wildman–Crippen LogP) is 2.67. The van der Waals surface area contributed by atoms with Crippen molar-refractivity contribution >= 4 is 5.97 Å². The van der Waals surface area contributed by atoms with Crippen LogP contribution in [-0.4, -0.2) is 33.5 Å². The van der Waals surface area contributed by atoms with Crippen molar-refractivity contribution in [2.75, 3.05) is 0 Å². The minimum absolute atomic E-state index is 0.0752. The highest BCUT2D eigenvalue weighted by Crippen LogP contribution is 2.34. The summed E-state index contributed by atoms with van der Waals surface area (Å²) in [6.07, 6.45) is -16.0. The van der Waals surface area contributed by atoms with Crippen molar-refractivity contribution in [1.29, 1.82) is 0 Å². The number of hydrogen-bond donors (Lipinski definition) is 1. The first-order valence-electron chi connectivity index (χ1n) is 4.51. The molecule has 0 aliphatic carbocycles. The molecule has 2 unspecified atom stereocenters. The summed E-state index contributed by atoms with van der Waals surface area (Å²) in [4.78, 5) is 10.6. The van der Waals surface area contributed by atoms with E-state index in [0.29, 0.717) is 0 Å². The maximum absolute atomic E-state index is 13.2. The maximum atomic E-state index is 13.2. The highest BCUT2D eigenvalue weighted by Gasteiger charge is 2.42. The zero-order valence-electron chi connectivity index (χ0n) is 8.71. The molecule has 0 aromatic carbocycles. The van der Waals surface area contributed by atoms with Gasteiger partial charge in [-0.2, -0.15) is 18.3 Å². The van der Waals surface area contributed by atoms with Crippen molar-refractivity contribution in [1.82, 2.24) is 9.78 Å². The van der Waals surface area contributed by atoms with Crippen molar-refractivity contribution in [3.63, 3.8) is 0 Å². The average Bonchev–Trinajstić information content (AvgIpc) is 2.70. The lowest BCUT2D eigenvalue weighted by molar-refractivity contribution is -0.138. The van der Waals surface area contributed by atoms with Gasteiger partial charge >= 0.3 is 12.1 Å². The topological polar surface area (TPSA) is 55.1 Å². The molecule has 11 heteroatoms. The second kappa shape index (κ2) is 5.05. The number of aromatic nitrogens is 2. The molecule has 1 N–H and O–H groups in total. The molecule has 0 spiro atoms. The molecule has 1 aromatic rings. The summed E-state index contributed by atoms with van der Waals surface area (Å²) in [6.45, 7) is 0. The molecule has 108 valence electrons. The van der Waals surface area contributed by atoms with Gasteiger partial charge in [0.25, 0.3) is 6.43 Å². The summed E-state index contributed by atoms with van der Waals surface area (Å²) in [5, 5.41) is 11.2. The van der Waals surface area contributed by atoms with Gasteiger partial charge in [0, 0.05) is 0 Å². The second-order valence-corrected chi connectivity index (χ2v) is 3.31. The minimum Gasteiger partial charge on any atom is -0.477 e. The van der Waals surface area contributed by atoms with Crippen LogP contribution in [0.4, 0.5) is 30.7 Å². The Morgan fingerprint density at radius 1 is 1.26 bits per heavy atom. The van der Waals surface area contributed by atoms with Crippen molar-refractivity contribution in [3.05, 3.63) is 17.5 Å². The van der Waals surface area contributed by atoms with Gasteiger partial charge in [-0.25, -0.2) is 27.0 Å². The molecule has 2 atom stereocenters. The van der Waals surface area contributed by atoms with Crippen molar-refractivity contribution in [2.45, 2.75) is 25.1 Å². The summed E-state index contributed by atoms with van der Waals surface area (Å²) in [7, 11) is 0. The molecule has 0 bridgehead atoms. The molecule has 0 radical (unpaired) electrons. The van der Waals surface area contributed by atoms with Crippen LogP contribution < -0.4 is 0 Å². The first-order chi connectivity index (χ1) is 8.57. The Labute approximate surface area is 100.0 Å². The van der Waals surface area contributed by atoms with E-state index in [9.17, 15) is 35.5 Å². The van der Waals surface area contributed by atoms with E-state index in [4.69, 9.17) is 5.11 Å². The van der Waals surface area contributed by atoms with Gasteiger partial charge in [-0.05, 0) is 0 Å². The van der Waals surface area contributed by atoms with E-state index < -0.39 is 47.0 Å². The van der Waals surface area contributed by atoms with Gasteiger partial charge in [0.1, 0.15) is 5.56 Å². The molecule has 4 nitrogen and oxygen atoms in total. The van der Waals surface area contributed by atoms with Gasteiger partial charge in [0.05, 0.1) is 6.20 Å². The molecule has 0 saturated heterocycles. The van der Waals surface area contributed by atoms with E-state index in [-0.39, 0.29) is 6.20 Å². The number of carbonyl (C=O) groups is 1. The van der Waals surface area contributed by atoms with E-state index in [1.165, 1.54) is 0 Å². The number of hydrogen-bond acceptors (Lipinski definition) is 2. The maximum Gasteiger partial charge on any atom is 0.420 e. The fraction of sp³-hybridized carbons (Fsp3) is 0.500. The second-order valence-electron chi connectivity index (χ2n) is 3.31. The van der Waals surface area contributed by atoms with E-state index >= 15 is 0 Å². The molecular formula is C8H5F7N2O2. The summed E-state index contributed by atoms with van der Waals surface area (Å²) >= 11 is 0. The number of rotatable bonds is 4. The third-order valence-corrected chi connectivity index (χ3v) is 2.04. The molecule has 1 heterocycles. The standard InChI is InChI=1S/C8H5F7N2O2/c9-3(5(10)11)6(12)17-4(7(18)19)2(1-16-17)8(13,14)15/h1,3,5-6H,(H,18,19). The molecule has 19 heavy (non-hydrogen) atoms. The van der Waals surface area contributed by atoms with Crippen molar-refractivity contribution in [3.8, 4) is 0 Å². The average molecular weight is 294 g/mol. The number of alkyl halides is 7. The van der Waals surface area contributed by atoms with Crippen LogP contribution in [0.5, 0.6) is 0 Å². The molecule has 1 aromatic heterocycles. The van der Waals surface area contributed by atoms with Crippen LogP contribution in [0.1, 0.15) is 22.3 Å². The van der Waals surface area contributed by atoms with E-state index in [1.54, 1.807) is 0 Å². The molecule has 0 amide bonds. The zero-order valence-corrected chi connectivity index (χ0v) is 8.71. The van der Waals surface area contributed by atoms with Crippen LogP contribution in [0.15, 0.2) is 6.20 Å². The Bertz CT molecular complexity index is 470. The van der Waals surface area contributed by atoms with Gasteiger partial charge in [0.2, 0.25) is 12.5 Å². The van der Waals surface area contributed by atoms with Gasteiger partial charge in [0.15, 0.2) is 5.69 Å². The van der Waals surface area contributed by atoms with Crippen LogP contribution >= 0.6 is 0 Å². The summed E-state index contributed by atoms with van der Waals surface area (Å²) in [6, 6.07) is 0. The number of carboxylic acid groups (broad SMARTS) is 1. The van der Waals surface area contributed by atoms with E-state index in [2.05, 4.69) is 5.10 Å². The summed E-state index contributed by atoms with van der Waals surface area (Å²) < 4.78 is 86.3. The Balaban J connectivity index is 3.30. The molecule has 1 rings (SSSR count). The fourth-order valence-corrected chi connectivity index (χ4v) is 1.22. The van der Waals surface area contributed by atoms with E-state index in [0.717, 1.165) is 0 Å². The Kier molecular flexibility index (Phi) is 4.06. The van der Waals surface area contributed by atoms with E-state index in [1.807, 2.05) is 0 Å². The number of aromatic carboxylic acids is 1. The first-order valence-corrected chi connectivity index (χ1v) is 4.51. The molecule has 0 aliphatic rings. The Hall–Kier alpha value is -1.81. The van der Waals surface area contributed by atoms with Gasteiger partial charge < -0.3 is 5.11 Å². The third-order valence-electron chi connectivity index (χ3n) is 2.04. The highest BCUT2D eigenvalue weighted by molar-refractivity contribution is 5.87. The predicted molar refractivity (Wildman–Crippen MR) is 45.2 cm³/mol. The lowest BCUT2D eigenvalue weighted by Gasteiger charge is -2.15. The minimum atomic E-state index is -5.19. The molecular weight excluding hydrogens is 289 g/mol. The Morgan fingerprint density at radius 2 is 1.79 bits per heavy atom. The van der Waals surface area contributed by atoms with Crippen molar-refractivity contribution in [2.24, 2.45) is 0 Å². The van der Waals surface area contributed by atoms with Crippen LogP contribution in [0, 0.1) is 0 Å². The number of nitrogens with zero attached hydrogens (tertiary/aromatic N) is 2. The molecule has 0 fully saturated rings. The van der Waals surface area contributed by atoms with Crippen LogP contribution in [0.3, 0.4) is 0 Å². The molecule has 0 aliphatic heterocycles. The third kappa shape index (κ3) is 2.96. The largest absolute Gasteiger partial charge is 0.477 e. The smallest absolute Gasteiger partial charge is 0.420 e. The van der Waals surface area contributed by atoms with Gasteiger partial charge in [-0.1, -0.05) is 0 Å². The number of carboxylic acids is 1. The molecule has 0 saturated carbocycles. The van der Waals surface area contributed by atoms with Crippen LogP contribution in [0.2, 0.25) is 0 Å². The van der Waals surface area contributed by atoms with Crippen molar-refractivity contribution < 1.29 is 40.6 Å². The van der Waals surface area contributed by atoms with Gasteiger partial charge in [-0.3, -0.25) is 0 Å². The zero-order chi connectivity index (χ0) is 15.0. The lowest BCUT2D eigenvalue weighted by atomic mass is 10.2. The lowest BCUT2D eigenvalue weighted by Crippen LogP contribution is -2.27. The SMILES string of the molecule is O=C(O)c1c(C(F)(F)F)cnn1C(F)C(F)C(F)F. The summed E-state index contributed by atoms with van der Waals surface area (Å²) in [5.41, 5.74) is -3.60. The van der Waals surface area contributed by atoms with Crippen LogP contribution in [-0.2, 0) is 6.18 Å². The summed E-state index contributed by atoms with van der Waals surface area (Å²) in [5.74, 6) is -2.27. The fourth-order valence-electron chi connectivity index (χ4n) is 1.22. The highest BCUT2D eigenvalue weighted by atomic mass is 19.4. The van der Waals surface area contributed by atoms with Gasteiger partial charge in [-0.15, -0.1) is 0 Å². The Morgan fingerprint density at radius 3 is 2.16 bits per heavy atom.